The van der Waals surface area contributed by atoms with E-state index in [9.17, 15) is 0 Å². The molecule has 0 amide bonds. The van der Waals surface area contributed by atoms with Crippen molar-refractivity contribution < 1.29 is 4.74 Å². The van der Waals surface area contributed by atoms with Gasteiger partial charge in [-0.1, -0.05) is 17.7 Å². The van der Waals surface area contributed by atoms with E-state index in [2.05, 4.69) is 31.3 Å². The van der Waals surface area contributed by atoms with Gasteiger partial charge in [-0.15, -0.1) is 0 Å². The Balaban J connectivity index is 1.97. The maximum absolute atomic E-state index is 5.89. The fourth-order valence-corrected chi connectivity index (χ4v) is 2.41. The van der Waals surface area contributed by atoms with Crippen LogP contribution in [0.15, 0.2) is 41.4 Å². The molecule has 1 aliphatic heterocycles. The predicted molar refractivity (Wildman–Crippen MR) is 87.6 cm³/mol. The van der Waals surface area contributed by atoms with Crippen LogP contribution in [0.1, 0.15) is 18.1 Å². The molecule has 21 heavy (non-hydrogen) atoms. The molecule has 3 rings (SSSR count). The van der Waals surface area contributed by atoms with Crippen molar-refractivity contribution >= 4 is 22.9 Å². The average molecular weight is 281 g/mol. The second-order valence-electron chi connectivity index (χ2n) is 5.43. The van der Waals surface area contributed by atoms with Crippen LogP contribution in [0.2, 0.25) is 0 Å². The van der Waals surface area contributed by atoms with Crippen LogP contribution in [-0.2, 0) is 0 Å². The third kappa shape index (κ3) is 2.70. The molecule has 1 heterocycles. The lowest BCUT2D eigenvalue weighted by Gasteiger charge is -2.26. The smallest absolute Gasteiger partial charge is 0.153 e. The minimum absolute atomic E-state index is 0.123. The van der Waals surface area contributed by atoms with E-state index in [1.807, 2.05) is 31.2 Å². The third-order valence-corrected chi connectivity index (χ3v) is 3.55. The lowest BCUT2D eigenvalue weighted by Crippen LogP contribution is -2.34. The summed E-state index contributed by atoms with van der Waals surface area (Å²) in [5, 5.41) is 3.32. The Bertz CT molecular complexity index is 722. The van der Waals surface area contributed by atoms with Crippen LogP contribution < -0.4 is 15.8 Å². The minimum Gasteiger partial charge on any atom is -0.481 e. The molecule has 0 aliphatic carbocycles. The summed E-state index contributed by atoms with van der Waals surface area (Å²) >= 11 is 0. The highest BCUT2D eigenvalue weighted by Gasteiger charge is 2.22. The number of nitrogens with zero attached hydrogens (tertiary/aromatic N) is 1. The SMILES string of the molecule is Cc1ccc(N=C2Nc3cc(N)ccc3OC2C)c(C)c1. The van der Waals surface area contributed by atoms with Gasteiger partial charge in [-0.25, -0.2) is 4.99 Å². The highest BCUT2D eigenvalue weighted by atomic mass is 16.5. The van der Waals surface area contributed by atoms with Crippen molar-refractivity contribution in [3.63, 3.8) is 0 Å². The molecule has 0 spiro atoms. The van der Waals surface area contributed by atoms with Gasteiger partial charge in [0.05, 0.1) is 11.4 Å². The number of aryl methyl sites for hydroxylation is 2. The Morgan fingerprint density at radius 3 is 2.71 bits per heavy atom. The summed E-state index contributed by atoms with van der Waals surface area (Å²) in [6.07, 6.45) is -0.123. The van der Waals surface area contributed by atoms with Gasteiger partial charge >= 0.3 is 0 Å². The van der Waals surface area contributed by atoms with E-state index in [0.717, 1.165) is 28.5 Å². The number of rotatable bonds is 1. The first-order valence-corrected chi connectivity index (χ1v) is 7.02. The molecule has 1 aliphatic rings. The largest absolute Gasteiger partial charge is 0.481 e. The van der Waals surface area contributed by atoms with Crippen LogP contribution in [0, 0.1) is 13.8 Å². The highest BCUT2D eigenvalue weighted by molar-refractivity contribution is 6.03. The molecule has 4 heteroatoms. The first kappa shape index (κ1) is 13.5. The van der Waals surface area contributed by atoms with Crippen LogP contribution >= 0.6 is 0 Å². The van der Waals surface area contributed by atoms with Crippen LogP contribution in [0.5, 0.6) is 5.75 Å². The molecule has 0 saturated carbocycles. The molecule has 1 unspecified atom stereocenters. The molecule has 0 radical (unpaired) electrons. The summed E-state index contributed by atoms with van der Waals surface area (Å²) in [7, 11) is 0. The van der Waals surface area contributed by atoms with Crippen molar-refractivity contribution in [2.24, 2.45) is 4.99 Å². The van der Waals surface area contributed by atoms with Gasteiger partial charge in [-0.05, 0) is 50.6 Å². The number of anilines is 2. The van der Waals surface area contributed by atoms with E-state index < -0.39 is 0 Å². The zero-order valence-electron chi connectivity index (χ0n) is 12.5. The number of aliphatic imine (C=N–C) groups is 1. The van der Waals surface area contributed by atoms with E-state index in [-0.39, 0.29) is 6.10 Å². The second kappa shape index (κ2) is 5.13. The maximum atomic E-state index is 5.89. The normalized spacial score (nSPS) is 18.8. The second-order valence-corrected chi connectivity index (χ2v) is 5.43. The number of benzene rings is 2. The Kier molecular flexibility index (Phi) is 3.29. The number of nitrogens with one attached hydrogen (secondary N) is 1. The molecule has 2 aromatic carbocycles. The highest BCUT2D eigenvalue weighted by Crippen LogP contribution is 2.32. The number of nitrogen functional groups attached to an aromatic ring is 1. The minimum atomic E-state index is -0.123. The molecule has 3 N–H and O–H groups in total. The molecular formula is C17H19N3O. The number of amidine groups is 1. The van der Waals surface area contributed by atoms with Gasteiger partial charge in [0.2, 0.25) is 0 Å². The predicted octanol–water partition coefficient (Wildman–Crippen LogP) is 3.81. The third-order valence-electron chi connectivity index (χ3n) is 3.55. The summed E-state index contributed by atoms with van der Waals surface area (Å²) < 4.78 is 5.89. The topological polar surface area (TPSA) is 59.6 Å². The van der Waals surface area contributed by atoms with Gasteiger partial charge in [0.15, 0.2) is 6.10 Å². The van der Waals surface area contributed by atoms with Crippen molar-refractivity contribution in [3.8, 4) is 5.75 Å². The summed E-state index contributed by atoms with van der Waals surface area (Å²) in [5.74, 6) is 1.59. The van der Waals surface area contributed by atoms with Crippen molar-refractivity contribution in [2.75, 3.05) is 11.1 Å². The molecule has 1 atom stereocenters. The van der Waals surface area contributed by atoms with Gasteiger partial charge in [-0.3, -0.25) is 0 Å². The van der Waals surface area contributed by atoms with Crippen molar-refractivity contribution in [3.05, 3.63) is 47.5 Å². The maximum Gasteiger partial charge on any atom is 0.153 e. The Labute approximate surface area is 124 Å². The van der Waals surface area contributed by atoms with Crippen molar-refractivity contribution in [2.45, 2.75) is 26.9 Å². The summed E-state index contributed by atoms with van der Waals surface area (Å²) in [4.78, 5) is 4.71. The van der Waals surface area contributed by atoms with Gasteiger partial charge in [-0.2, -0.15) is 0 Å². The van der Waals surface area contributed by atoms with Crippen LogP contribution in [0.25, 0.3) is 0 Å². The fraction of sp³-hybridized carbons (Fsp3) is 0.235. The lowest BCUT2D eigenvalue weighted by molar-refractivity contribution is 0.283. The Morgan fingerprint density at radius 2 is 1.95 bits per heavy atom. The molecular weight excluding hydrogens is 262 g/mol. The zero-order valence-corrected chi connectivity index (χ0v) is 12.5. The monoisotopic (exact) mass is 281 g/mol. The fourth-order valence-electron chi connectivity index (χ4n) is 2.41. The number of hydrogen-bond acceptors (Lipinski definition) is 3. The number of hydrogen-bond donors (Lipinski definition) is 2. The van der Waals surface area contributed by atoms with Gasteiger partial charge in [0.1, 0.15) is 11.6 Å². The molecule has 4 nitrogen and oxygen atoms in total. The molecule has 108 valence electrons. The number of ether oxygens (including phenoxy) is 1. The van der Waals surface area contributed by atoms with Crippen LogP contribution in [0.3, 0.4) is 0 Å². The molecule has 0 fully saturated rings. The van der Waals surface area contributed by atoms with Gasteiger partial charge in [0, 0.05) is 5.69 Å². The molecule has 0 bridgehead atoms. The lowest BCUT2D eigenvalue weighted by atomic mass is 10.1. The summed E-state index contributed by atoms with van der Waals surface area (Å²) in [6.45, 7) is 6.12. The van der Waals surface area contributed by atoms with Crippen molar-refractivity contribution in [1.82, 2.24) is 0 Å². The van der Waals surface area contributed by atoms with Gasteiger partial charge in [0.25, 0.3) is 0 Å². The van der Waals surface area contributed by atoms with E-state index in [1.165, 1.54) is 5.56 Å². The Morgan fingerprint density at radius 1 is 1.14 bits per heavy atom. The number of fused-ring (bicyclic) bond motifs is 1. The zero-order chi connectivity index (χ0) is 15.0. The standard InChI is InChI=1S/C17H19N3O/c1-10-4-6-14(11(2)8-10)19-17-12(3)21-16-7-5-13(18)9-15(16)20-17/h4-9,12H,18H2,1-3H3,(H,19,20). The number of nitrogens with two attached hydrogens (primary N) is 1. The van der Waals surface area contributed by atoms with Crippen LogP contribution in [0.4, 0.5) is 17.1 Å². The Hall–Kier alpha value is -2.49. The summed E-state index contributed by atoms with van der Waals surface area (Å²) in [5.41, 5.74) is 10.7. The van der Waals surface area contributed by atoms with E-state index in [0.29, 0.717) is 5.69 Å². The average Bonchev–Trinajstić information content (AvgIpc) is 2.43. The van der Waals surface area contributed by atoms with Crippen molar-refractivity contribution in [1.29, 1.82) is 0 Å². The van der Waals surface area contributed by atoms with E-state index in [4.69, 9.17) is 15.5 Å². The molecule has 0 aromatic heterocycles. The van der Waals surface area contributed by atoms with Crippen LogP contribution in [-0.4, -0.2) is 11.9 Å². The van der Waals surface area contributed by atoms with E-state index in [1.54, 1.807) is 0 Å². The van der Waals surface area contributed by atoms with E-state index >= 15 is 0 Å². The molecule has 0 saturated heterocycles. The van der Waals surface area contributed by atoms with Gasteiger partial charge < -0.3 is 15.8 Å². The molecule has 2 aromatic rings. The quantitative estimate of drug-likeness (QED) is 0.781. The first-order valence-electron chi connectivity index (χ1n) is 7.02. The first-order chi connectivity index (χ1) is 10.0. The summed E-state index contributed by atoms with van der Waals surface area (Å²) in [6, 6.07) is 11.8.